The Kier molecular flexibility index (Phi) is 5.69. The van der Waals surface area contributed by atoms with Gasteiger partial charge in [0.05, 0.1) is 10.7 Å². The molecule has 0 aliphatic heterocycles. The summed E-state index contributed by atoms with van der Waals surface area (Å²) >= 11 is 1.19. The van der Waals surface area contributed by atoms with Crippen molar-refractivity contribution in [2.45, 2.75) is 13.3 Å². The van der Waals surface area contributed by atoms with Crippen molar-refractivity contribution in [3.05, 3.63) is 75.0 Å². The molecule has 0 saturated heterocycles. The van der Waals surface area contributed by atoms with Crippen LogP contribution in [-0.2, 0) is 6.42 Å². The van der Waals surface area contributed by atoms with E-state index in [-0.39, 0.29) is 17.2 Å². The van der Waals surface area contributed by atoms with Gasteiger partial charge in [-0.1, -0.05) is 12.1 Å². The van der Waals surface area contributed by atoms with E-state index < -0.39 is 17.5 Å². The second-order valence-electron chi connectivity index (χ2n) is 6.46. The molecule has 0 aliphatic rings. The highest BCUT2D eigenvalue weighted by Gasteiger charge is 2.18. The second-order valence-corrected chi connectivity index (χ2v) is 7.55. The third-order valence-corrected chi connectivity index (χ3v) is 5.19. The number of aryl methyl sites for hydroxylation is 1. The van der Waals surface area contributed by atoms with Crippen molar-refractivity contribution >= 4 is 28.6 Å². The summed E-state index contributed by atoms with van der Waals surface area (Å²) in [5, 5.41) is 3.20. The smallest absolute Gasteiger partial charge is 0.267 e. The molecule has 0 saturated carbocycles. The molecule has 3 rings (SSSR count). The predicted octanol–water partition coefficient (Wildman–Crippen LogP) is 4.78. The Balaban J connectivity index is 1.78. The summed E-state index contributed by atoms with van der Waals surface area (Å²) in [5.41, 5.74) is 1.24. The molecule has 0 bridgehead atoms. The van der Waals surface area contributed by atoms with E-state index in [0.717, 1.165) is 17.7 Å². The van der Waals surface area contributed by atoms with Crippen molar-refractivity contribution < 1.29 is 18.0 Å². The molecule has 146 valence electrons. The summed E-state index contributed by atoms with van der Waals surface area (Å²) in [5.74, 6) is -2.34. The molecule has 0 aliphatic carbocycles. The minimum atomic E-state index is -0.765. The number of nitrogens with zero attached hydrogens (tertiary/aromatic N) is 2. The number of thiazole rings is 1. The standard InChI is InChI=1S/C20H18F3N3OS/c1-11-19(28-17(24-11)8-12-4-6-13(21)7-5-12)20(27)25-14-9-15(22)18(26(2)3)16(23)10-14/h4-7,9-10H,8H2,1-3H3,(H,25,27). The first kappa shape index (κ1) is 19.9. The lowest BCUT2D eigenvalue weighted by molar-refractivity contribution is 0.103. The molecule has 0 spiro atoms. The van der Waals surface area contributed by atoms with Gasteiger partial charge in [0.2, 0.25) is 0 Å². The number of halogens is 3. The van der Waals surface area contributed by atoms with Crippen LogP contribution in [0.4, 0.5) is 24.5 Å². The van der Waals surface area contributed by atoms with E-state index in [1.54, 1.807) is 19.1 Å². The maximum Gasteiger partial charge on any atom is 0.267 e. The molecule has 2 aromatic carbocycles. The van der Waals surface area contributed by atoms with Gasteiger partial charge in [0.15, 0.2) is 11.6 Å². The summed E-state index contributed by atoms with van der Waals surface area (Å²) in [6.45, 7) is 1.69. The van der Waals surface area contributed by atoms with E-state index >= 15 is 0 Å². The maximum absolute atomic E-state index is 14.1. The summed E-state index contributed by atoms with van der Waals surface area (Å²) < 4.78 is 41.2. The molecule has 8 heteroatoms. The number of anilines is 2. The molecule has 0 radical (unpaired) electrons. The lowest BCUT2D eigenvalue weighted by Crippen LogP contribution is -2.15. The molecular weight excluding hydrogens is 387 g/mol. The van der Waals surface area contributed by atoms with E-state index in [4.69, 9.17) is 0 Å². The van der Waals surface area contributed by atoms with Gasteiger partial charge in [0, 0.05) is 26.2 Å². The lowest BCUT2D eigenvalue weighted by Gasteiger charge is -2.15. The first-order chi connectivity index (χ1) is 13.2. The van der Waals surface area contributed by atoms with Crippen LogP contribution in [-0.4, -0.2) is 25.0 Å². The Morgan fingerprint density at radius 2 is 1.71 bits per heavy atom. The molecular formula is C20H18F3N3OS. The Morgan fingerprint density at radius 3 is 2.29 bits per heavy atom. The Hall–Kier alpha value is -2.87. The van der Waals surface area contributed by atoms with Gasteiger partial charge >= 0.3 is 0 Å². The van der Waals surface area contributed by atoms with Crippen LogP contribution in [0.15, 0.2) is 36.4 Å². The highest BCUT2D eigenvalue weighted by molar-refractivity contribution is 7.14. The lowest BCUT2D eigenvalue weighted by atomic mass is 10.1. The Bertz CT molecular complexity index is 993. The second kappa shape index (κ2) is 8.02. The molecule has 0 fully saturated rings. The number of hydrogen-bond donors (Lipinski definition) is 1. The summed E-state index contributed by atoms with van der Waals surface area (Å²) in [7, 11) is 3.06. The fourth-order valence-corrected chi connectivity index (χ4v) is 3.76. The highest BCUT2D eigenvalue weighted by Crippen LogP contribution is 2.27. The zero-order valence-electron chi connectivity index (χ0n) is 15.5. The van der Waals surface area contributed by atoms with Crippen LogP contribution in [0.5, 0.6) is 0 Å². The first-order valence-corrected chi connectivity index (χ1v) is 9.24. The van der Waals surface area contributed by atoms with Gasteiger partial charge < -0.3 is 10.2 Å². The van der Waals surface area contributed by atoms with E-state index in [2.05, 4.69) is 10.3 Å². The zero-order valence-corrected chi connectivity index (χ0v) is 16.3. The van der Waals surface area contributed by atoms with Crippen LogP contribution >= 0.6 is 11.3 Å². The topological polar surface area (TPSA) is 45.2 Å². The average molecular weight is 405 g/mol. The minimum absolute atomic E-state index is 0.0264. The maximum atomic E-state index is 14.1. The number of carbonyl (C=O) groups is 1. The van der Waals surface area contributed by atoms with Gasteiger partial charge in [0.1, 0.15) is 16.4 Å². The zero-order chi connectivity index (χ0) is 20.4. The van der Waals surface area contributed by atoms with E-state index in [1.807, 2.05) is 0 Å². The minimum Gasteiger partial charge on any atom is -0.373 e. The van der Waals surface area contributed by atoms with Crippen LogP contribution in [0.25, 0.3) is 0 Å². The number of aromatic nitrogens is 1. The molecule has 3 aromatic rings. The highest BCUT2D eigenvalue weighted by atomic mass is 32.1. The van der Waals surface area contributed by atoms with Crippen LogP contribution in [0.2, 0.25) is 0 Å². The van der Waals surface area contributed by atoms with Crippen molar-refractivity contribution in [3.8, 4) is 0 Å². The van der Waals surface area contributed by atoms with E-state index in [1.165, 1.54) is 42.5 Å². The van der Waals surface area contributed by atoms with Gasteiger partial charge in [-0.15, -0.1) is 11.3 Å². The number of amides is 1. The molecule has 1 aromatic heterocycles. The Labute approximate surface area is 164 Å². The average Bonchev–Trinajstić information content (AvgIpc) is 2.96. The van der Waals surface area contributed by atoms with Crippen LogP contribution in [0.1, 0.15) is 25.9 Å². The van der Waals surface area contributed by atoms with Gasteiger partial charge in [-0.25, -0.2) is 18.2 Å². The quantitative estimate of drug-likeness (QED) is 0.665. The molecule has 0 unspecified atom stereocenters. The molecule has 1 heterocycles. The summed E-state index contributed by atoms with van der Waals surface area (Å²) in [6, 6.07) is 8.19. The Morgan fingerprint density at radius 1 is 1.11 bits per heavy atom. The van der Waals surface area contributed by atoms with Crippen molar-refractivity contribution in [2.75, 3.05) is 24.3 Å². The molecule has 0 atom stereocenters. The predicted molar refractivity (Wildman–Crippen MR) is 105 cm³/mol. The van der Waals surface area contributed by atoms with Gasteiger partial charge in [0.25, 0.3) is 5.91 Å². The normalized spacial score (nSPS) is 10.8. The third kappa shape index (κ3) is 4.33. The molecule has 1 amide bonds. The summed E-state index contributed by atoms with van der Waals surface area (Å²) in [4.78, 5) is 18.6. The van der Waals surface area contributed by atoms with Crippen LogP contribution in [0.3, 0.4) is 0 Å². The van der Waals surface area contributed by atoms with Gasteiger partial charge in [-0.3, -0.25) is 4.79 Å². The van der Waals surface area contributed by atoms with Crippen molar-refractivity contribution in [1.29, 1.82) is 0 Å². The fourth-order valence-electron chi connectivity index (χ4n) is 2.77. The van der Waals surface area contributed by atoms with Gasteiger partial charge in [-0.05, 0) is 36.8 Å². The van der Waals surface area contributed by atoms with Gasteiger partial charge in [-0.2, -0.15) is 0 Å². The van der Waals surface area contributed by atoms with Crippen molar-refractivity contribution in [2.24, 2.45) is 0 Å². The van der Waals surface area contributed by atoms with Crippen molar-refractivity contribution in [1.82, 2.24) is 4.98 Å². The number of rotatable bonds is 5. The fraction of sp³-hybridized carbons (Fsp3) is 0.200. The van der Waals surface area contributed by atoms with Crippen molar-refractivity contribution in [3.63, 3.8) is 0 Å². The molecule has 1 N–H and O–H groups in total. The first-order valence-electron chi connectivity index (χ1n) is 8.43. The van der Waals surface area contributed by atoms with E-state index in [0.29, 0.717) is 22.0 Å². The monoisotopic (exact) mass is 405 g/mol. The third-order valence-electron chi connectivity index (χ3n) is 4.04. The molecule has 28 heavy (non-hydrogen) atoms. The number of benzene rings is 2. The number of nitrogens with one attached hydrogen (secondary N) is 1. The number of carbonyl (C=O) groups excluding carboxylic acids is 1. The van der Waals surface area contributed by atoms with Crippen LogP contribution in [0, 0.1) is 24.4 Å². The van der Waals surface area contributed by atoms with E-state index in [9.17, 15) is 18.0 Å². The largest absolute Gasteiger partial charge is 0.373 e. The summed E-state index contributed by atoms with van der Waals surface area (Å²) in [6.07, 6.45) is 0.458. The molecule has 4 nitrogen and oxygen atoms in total. The SMILES string of the molecule is Cc1nc(Cc2ccc(F)cc2)sc1C(=O)Nc1cc(F)c(N(C)C)c(F)c1. The number of hydrogen-bond acceptors (Lipinski definition) is 4. The van der Waals surface area contributed by atoms with Crippen LogP contribution < -0.4 is 10.2 Å².